The zero-order valence-corrected chi connectivity index (χ0v) is 12.8. The molecule has 1 saturated carbocycles. The fraction of sp³-hybridized carbons (Fsp3) is 0.611. The number of rotatable bonds is 3. The molecule has 0 aliphatic heterocycles. The van der Waals surface area contributed by atoms with Gasteiger partial charge in [-0.1, -0.05) is 26.2 Å². The van der Waals surface area contributed by atoms with E-state index in [9.17, 15) is 4.79 Å². The maximum Gasteiger partial charge on any atom is 0.159 e. The third-order valence-electron chi connectivity index (χ3n) is 4.81. The Balaban J connectivity index is 2.30. The molecule has 0 saturated heterocycles. The molecule has 0 heterocycles. The average molecular weight is 258 g/mol. The lowest BCUT2D eigenvalue weighted by molar-refractivity contribution is 0.101. The molecule has 0 amide bonds. The SMILES string of the molecule is CC(=O)c1cc(C)c(C(C)C2CCCCC2)c(C)c1. The van der Waals surface area contributed by atoms with E-state index in [0.29, 0.717) is 5.92 Å². The van der Waals surface area contributed by atoms with Gasteiger partial charge in [0, 0.05) is 5.56 Å². The standard InChI is InChI=1S/C18H26O/c1-12-10-17(15(4)19)11-13(2)18(12)14(3)16-8-6-5-7-9-16/h10-11,14,16H,5-9H2,1-4H3. The van der Waals surface area contributed by atoms with Crippen molar-refractivity contribution in [3.63, 3.8) is 0 Å². The number of aryl methyl sites for hydroxylation is 2. The molecule has 0 radical (unpaired) electrons. The molecule has 1 aromatic rings. The molecule has 0 N–H and O–H groups in total. The lowest BCUT2D eigenvalue weighted by Gasteiger charge is -2.30. The predicted octanol–water partition coefficient (Wildman–Crippen LogP) is 5.19. The second-order valence-electron chi connectivity index (χ2n) is 6.27. The zero-order valence-electron chi connectivity index (χ0n) is 12.8. The van der Waals surface area contributed by atoms with Crippen molar-refractivity contribution < 1.29 is 4.79 Å². The molecule has 19 heavy (non-hydrogen) atoms. The van der Waals surface area contributed by atoms with Crippen molar-refractivity contribution in [1.29, 1.82) is 0 Å². The molecule has 104 valence electrons. The van der Waals surface area contributed by atoms with Gasteiger partial charge in [-0.2, -0.15) is 0 Å². The predicted molar refractivity (Wildman–Crippen MR) is 80.9 cm³/mol. The van der Waals surface area contributed by atoms with Crippen molar-refractivity contribution in [1.82, 2.24) is 0 Å². The van der Waals surface area contributed by atoms with E-state index in [-0.39, 0.29) is 5.78 Å². The molecule has 1 heteroatoms. The fourth-order valence-electron chi connectivity index (χ4n) is 3.77. The molecule has 1 aliphatic rings. The monoisotopic (exact) mass is 258 g/mol. The highest BCUT2D eigenvalue weighted by Crippen LogP contribution is 2.38. The van der Waals surface area contributed by atoms with Crippen LogP contribution < -0.4 is 0 Å². The van der Waals surface area contributed by atoms with Gasteiger partial charge in [-0.3, -0.25) is 4.79 Å². The third-order valence-corrected chi connectivity index (χ3v) is 4.81. The number of ketones is 1. The quantitative estimate of drug-likeness (QED) is 0.682. The minimum Gasteiger partial charge on any atom is -0.295 e. The smallest absolute Gasteiger partial charge is 0.159 e. The van der Waals surface area contributed by atoms with E-state index in [4.69, 9.17) is 0 Å². The molecule has 1 aromatic carbocycles. The summed E-state index contributed by atoms with van der Waals surface area (Å²) in [6.07, 6.45) is 6.92. The van der Waals surface area contributed by atoms with Gasteiger partial charge in [0.25, 0.3) is 0 Å². The molecular weight excluding hydrogens is 232 g/mol. The van der Waals surface area contributed by atoms with Crippen LogP contribution in [0.3, 0.4) is 0 Å². The van der Waals surface area contributed by atoms with Gasteiger partial charge < -0.3 is 0 Å². The molecule has 1 atom stereocenters. The minimum absolute atomic E-state index is 0.170. The fourth-order valence-corrected chi connectivity index (χ4v) is 3.77. The van der Waals surface area contributed by atoms with Gasteiger partial charge in [0.2, 0.25) is 0 Å². The lowest BCUT2D eigenvalue weighted by atomic mass is 9.75. The van der Waals surface area contributed by atoms with Gasteiger partial charge in [-0.15, -0.1) is 0 Å². The number of hydrogen-bond donors (Lipinski definition) is 0. The Bertz CT molecular complexity index is 444. The molecule has 1 nitrogen and oxygen atoms in total. The number of benzene rings is 1. The van der Waals surface area contributed by atoms with Crippen LogP contribution >= 0.6 is 0 Å². The first-order valence-corrected chi connectivity index (χ1v) is 7.62. The highest BCUT2D eigenvalue weighted by molar-refractivity contribution is 5.94. The van der Waals surface area contributed by atoms with Crippen molar-refractivity contribution >= 4 is 5.78 Å². The van der Waals surface area contributed by atoms with Gasteiger partial charge in [-0.25, -0.2) is 0 Å². The van der Waals surface area contributed by atoms with Crippen LogP contribution in [-0.2, 0) is 0 Å². The summed E-state index contributed by atoms with van der Waals surface area (Å²) >= 11 is 0. The maximum atomic E-state index is 11.5. The summed E-state index contributed by atoms with van der Waals surface area (Å²) in [5, 5.41) is 0. The topological polar surface area (TPSA) is 17.1 Å². The van der Waals surface area contributed by atoms with E-state index < -0.39 is 0 Å². The Morgan fingerprint density at radius 3 is 2.11 bits per heavy atom. The summed E-state index contributed by atoms with van der Waals surface area (Å²) in [7, 11) is 0. The van der Waals surface area contributed by atoms with Crippen molar-refractivity contribution in [2.45, 2.75) is 65.7 Å². The molecule has 2 rings (SSSR count). The van der Waals surface area contributed by atoms with E-state index >= 15 is 0 Å². The lowest BCUT2D eigenvalue weighted by Crippen LogP contribution is -2.16. The van der Waals surface area contributed by atoms with Crippen LogP contribution in [0.15, 0.2) is 12.1 Å². The van der Waals surface area contributed by atoms with Crippen molar-refractivity contribution in [3.05, 3.63) is 34.4 Å². The first kappa shape index (κ1) is 14.3. The van der Waals surface area contributed by atoms with Gasteiger partial charge >= 0.3 is 0 Å². The van der Waals surface area contributed by atoms with Gasteiger partial charge in [0.1, 0.15) is 0 Å². The Kier molecular flexibility index (Phi) is 4.44. The second-order valence-corrected chi connectivity index (χ2v) is 6.27. The van der Waals surface area contributed by atoms with Crippen LogP contribution in [0.2, 0.25) is 0 Å². The van der Waals surface area contributed by atoms with E-state index in [2.05, 4.69) is 32.9 Å². The van der Waals surface area contributed by atoms with Crippen LogP contribution in [0.4, 0.5) is 0 Å². The minimum atomic E-state index is 0.170. The van der Waals surface area contributed by atoms with Crippen LogP contribution in [0.25, 0.3) is 0 Å². The Morgan fingerprint density at radius 1 is 1.11 bits per heavy atom. The molecule has 0 spiro atoms. The summed E-state index contributed by atoms with van der Waals surface area (Å²) in [5.74, 6) is 1.62. The maximum absolute atomic E-state index is 11.5. The molecule has 1 unspecified atom stereocenters. The summed E-state index contributed by atoms with van der Waals surface area (Å²) in [6.45, 7) is 8.35. The van der Waals surface area contributed by atoms with Crippen LogP contribution in [0.5, 0.6) is 0 Å². The Morgan fingerprint density at radius 2 is 1.63 bits per heavy atom. The normalized spacial score (nSPS) is 18.3. The van der Waals surface area contributed by atoms with Crippen LogP contribution in [-0.4, -0.2) is 5.78 Å². The number of carbonyl (C=O) groups excluding carboxylic acids is 1. The number of Topliss-reactive ketones (excluding diaryl/α,β-unsaturated/α-hetero) is 1. The highest BCUT2D eigenvalue weighted by atomic mass is 16.1. The second kappa shape index (κ2) is 5.90. The molecule has 1 aliphatic carbocycles. The van der Waals surface area contributed by atoms with Gasteiger partial charge in [-0.05, 0) is 74.3 Å². The molecule has 0 bridgehead atoms. The van der Waals surface area contributed by atoms with Crippen LogP contribution in [0.1, 0.15) is 78.9 Å². The van der Waals surface area contributed by atoms with E-state index in [1.165, 1.54) is 48.8 Å². The van der Waals surface area contributed by atoms with Crippen LogP contribution in [0, 0.1) is 19.8 Å². The van der Waals surface area contributed by atoms with Gasteiger partial charge in [0.05, 0.1) is 0 Å². The van der Waals surface area contributed by atoms with Crippen molar-refractivity contribution in [2.24, 2.45) is 5.92 Å². The number of hydrogen-bond acceptors (Lipinski definition) is 1. The summed E-state index contributed by atoms with van der Waals surface area (Å²) in [5.41, 5.74) is 4.93. The number of carbonyl (C=O) groups is 1. The van der Waals surface area contributed by atoms with Crippen molar-refractivity contribution in [3.8, 4) is 0 Å². The van der Waals surface area contributed by atoms with E-state index in [1.807, 2.05) is 0 Å². The summed E-state index contributed by atoms with van der Waals surface area (Å²) < 4.78 is 0. The molecule has 1 fully saturated rings. The molecule has 0 aromatic heterocycles. The van der Waals surface area contributed by atoms with Gasteiger partial charge in [0.15, 0.2) is 5.78 Å². The first-order chi connectivity index (χ1) is 9.00. The van der Waals surface area contributed by atoms with Crippen molar-refractivity contribution in [2.75, 3.05) is 0 Å². The first-order valence-electron chi connectivity index (χ1n) is 7.62. The Hall–Kier alpha value is -1.11. The largest absolute Gasteiger partial charge is 0.295 e. The average Bonchev–Trinajstić information content (AvgIpc) is 2.38. The molecular formula is C18H26O. The Labute approximate surface area is 117 Å². The zero-order chi connectivity index (χ0) is 14.0. The summed E-state index contributed by atoms with van der Waals surface area (Å²) in [4.78, 5) is 11.5. The highest BCUT2D eigenvalue weighted by Gasteiger charge is 2.24. The van der Waals surface area contributed by atoms with E-state index in [0.717, 1.165) is 11.5 Å². The summed E-state index contributed by atoms with van der Waals surface area (Å²) in [6, 6.07) is 4.15. The van der Waals surface area contributed by atoms with E-state index in [1.54, 1.807) is 6.92 Å². The third kappa shape index (κ3) is 3.08.